The van der Waals surface area contributed by atoms with Gasteiger partial charge in [-0.3, -0.25) is 4.99 Å². The highest BCUT2D eigenvalue weighted by Gasteiger charge is 2.12. The summed E-state index contributed by atoms with van der Waals surface area (Å²) in [6.07, 6.45) is 3.09. The average molecular weight is 155 g/mol. The molecule has 60 valence electrons. The van der Waals surface area contributed by atoms with Crippen LogP contribution in [0.2, 0.25) is 0 Å². The number of hydrogen-bond acceptors (Lipinski definition) is 3. The molecule has 0 saturated heterocycles. The minimum absolute atomic E-state index is 0.0156. The highest BCUT2D eigenvalue weighted by atomic mass is 16.4. The van der Waals surface area contributed by atoms with E-state index in [1.54, 1.807) is 6.08 Å². The molecule has 1 aliphatic heterocycles. The Morgan fingerprint density at radius 3 is 2.91 bits per heavy atom. The number of carboxylic acids is 1. The van der Waals surface area contributed by atoms with Crippen LogP contribution in [-0.4, -0.2) is 35.0 Å². The maximum absolute atomic E-state index is 10.3. The van der Waals surface area contributed by atoms with Gasteiger partial charge in [0.05, 0.1) is 6.61 Å². The van der Waals surface area contributed by atoms with Crippen LogP contribution >= 0.6 is 0 Å². The Kier molecular flexibility index (Phi) is 2.38. The van der Waals surface area contributed by atoms with Gasteiger partial charge in [0, 0.05) is 12.5 Å². The van der Waals surface area contributed by atoms with Crippen molar-refractivity contribution in [1.29, 1.82) is 0 Å². The third-order valence-corrected chi connectivity index (χ3v) is 1.48. The largest absolute Gasteiger partial charge is 0.477 e. The second kappa shape index (κ2) is 3.30. The van der Waals surface area contributed by atoms with Gasteiger partial charge < -0.3 is 10.2 Å². The smallest absolute Gasteiger partial charge is 0.354 e. The molecule has 11 heavy (non-hydrogen) atoms. The van der Waals surface area contributed by atoms with E-state index < -0.39 is 5.97 Å². The van der Waals surface area contributed by atoms with Crippen molar-refractivity contribution in [3.8, 4) is 0 Å². The maximum atomic E-state index is 10.3. The molecule has 1 heterocycles. The molecule has 0 radical (unpaired) electrons. The Balaban J connectivity index is 2.60. The van der Waals surface area contributed by atoms with Crippen LogP contribution in [0.15, 0.2) is 17.1 Å². The molecule has 1 rings (SSSR count). The van der Waals surface area contributed by atoms with E-state index in [9.17, 15) is 4.79 Å². The fourth-order valence-corrected chi connectivity index (χ4v) is 0.814. The fraction of sp³-hybridized carbons (Fsp3) is 0.429. The second-order valence-electron chi connectivity index (χ2n) is 2.33. The normalized spacial score (nSPS) is 23.0. The Hall–Kier alpha value is -1.16. The summed E-state index contributed by atoms with van der Waals surface area (Å²) in [6, 6.07) is 0. The summed E-state index contributed by atoms with van der Waals surface area (Å²) in [4.78, 5) is 14.1. The van der Waals surface area contributed by atoms with Crippen LogP contribution in [-0.2, 0) is 4.79 Å². The van der Waals surface area contributed by atoms with Crippen molar-refractivity contribution < 1.29 is 15.0 Å². The third-order valence-electron chi connectivity index (χ3n) is 1.48. The van der Waals surface area contributed by atoms with Crippen molar-refractivity contribution in [1.82, 2.24) is 0 Å². The lowest BCUT2D eigenvalue weighted by atomic mass is 10.1. The van der Waals surface area contributed by atoms with E-state index in [0.717, 1.165) is 0 Å². The average Bonchev–Trinajstić information content (AvgIpc) is 2.05. The van der Waals surface area contributed by atoms with Crippen LogP contribution in [0.3, 0.4) is 0 Å². The number of aliphatic hydroxyl groups excluding tert-OH is 1. The lowest BCUT2D eigenvalue weighted by Crippen LogP contribution is -2.18. The van der Waals surface area contributed by atoms with Gasteiger partial charge in [-0.15, -0.1) is 0 Å². The van der Waals surface area contributed by atoms with E-state index >= 15 is 0 Å². The Bertz CT molecular complexity index is 220. The topological polar surface area (TPSA) is 69.9 Å². The molecular formula is C7H9NO3. The molecule has 0 aromatic carbocycles. The van der Waals surface area contributed by atoms with E-state index in [4.69, 9.17) is 10.2 Å². The maximum Gasteiger partial charge on any atom is 0.354 e. The highest BCUT2D eigenvalue weighted by molar-refractivity contribution is 6.40. The fourth-order valence-electron chi connectivity index (χ4n) is 0.814. The summed E-state index contributed by atoms with van der Waals surface area (Å²) < 4.78 is 0. The standard InChI is InChI=1S/C7H9NO3/c9-4-5-1-2-6(7(10)11)8-3-5/h1-2,5,9H,3-4H2,(H,10,11). The van der Waals surface area contributed by atoms with E-state index in [1.165, 1.54) is 6.08 Å². The van der Waals surface area contributed by atoms with Crippen LogP contribution in [0.25, 0.3) is 0 Å². The molecule has 4 heteroatoms. The molecule has 1 unspecified atom stereocenters. The summed E-state index contributed by atoms with van der Waals surface area (Å²) in [5.74, 6) is -1.03. The second-order valence-corrected chi connectivity index (χ2v) is 2.33. The van der Waals surface area contributed by atoms with Crippen molar-refractivity contribution >= 4 is 11.7 Å². The van der Waals surface area contributed by atoms with Gasteiger partial charge in [0.2, 0.25) is 0 Å². The Morgan fingerprint density at radius 2 is 2.55 bits per heavy atom. The minimum atomic E-state index is -1.02. The van der Waals surface area contributed by atoms with Gasteiger partial charge in [0.15, 0.2) is 0 Å². The van der Waals surface area contributed by atoms with E-state index in [-0.39, 0.29) is 18.2 Å². The molecule has 0 spiro atoms. The van der Waals surface area contributed by atoms with Crippen LogP contribution in [0, 0.1) is 5.92 Å². The van der Waals surface area contributed by atoms with Gasteiger partial charge in [0.1, 0.15) is 5.71 Å². The number of nitrogens with zero attached hydrogens (tertiary/aromatic N) is 1. The lowest BCUT2D eigenvalue weighted by molar-refractivity contribution is -0.129. The Labute approximate surface area is 63.9 Å². The molecular weight excluding hydrogens is 146 g/mol. The van der Waals surface area contributed by atoms with Gasteiger partial charge in [-0.2, -0.15) is 0 Å². The SMILES string of the molecule is O=C(O)C1=NCC(CO)C=C1. The summed E-state index contributed by atoms with van der Waals surface area (Å²) >= 11 is 0. The zero-order chi connectivity index (χ0) is 8.27. The van der Waals surface area contributed by atoms with Crippen LogP contribution in [0.1, 0.15) is 0 Å². The van der Waals surface area contributed by atoms with Gasteiger partial charge >= 0.3 is 5.97 Å². The quantitative estimate of drug-likeness (QED) is 0.574. The highest BCUT2D eigenvalue weighted by Crippen LogP contribution is 2.04. The van der Waals surface area contributed by atoms with Gasteiger partial charge in [-0.05, 0) is 6.08 Å². The molecule has 1 atom stereocenters. The number of hydrogen-bond donors (Lipinski definition) is 2. The summed E-state index contributed by atoms with van der Waals surface area (Å²) in [5, 5.41) is 17.1. The van der Waals surface area contributed by atoms with Crippen molar-refractivity contribution in [2.45, 2.75) is 0 Å². The number of carbonyl (C=O) groups is 1. The van der Waals surface area contributed by atoms with Crippen molar-refractivity contribution in [3.63, 3.8) is 0 Å². The number of carboxylic acid groups (broad SMARTS) is 1. The Morgan fingerprint density at radius 1 is 1.82 bits per heavy atom. The number of aliphatic carboxylic acids is 1. The molecule has 4 nitrogen and oxygen atoms in total. The first-order valence-electron chi connectivity index (χ1n) is 3.31. The first-order valence-corrected chi connectivity index (χ1v) is 3.31. The first-order chi connectivity index (χ1) is 5.24. The van der Waals surface area contributed by atoms with Crippen LogP contribution in [0.4, 0.5) is 0 Å². The molecule has 1 aliphatic rings. The van der Waals surface area contributed by atoms with Gasteiger partial charge in [0.25, 0.3) is 0 Å². The molecule has 0 aliphatic carbocycles. The summed E-state index contributed by atoms with van der Waals surface area (Å²) in [7, 11) is 0. The number of dihydropyridines is 1. The summed E-state index contributed by atoms with van der Waals surface area (Å²) in [6.45, 7) is 0.390. The molecule has 0 aromatic rings. The predicted molar refractivity (Wildman–Crippen MR) is 39.7 cm³/mol. The van der Waals surface area contributed by atoms with E-state index in [0.29, 0.717) is 6.54 Å². The number of aliphatic imine (C=N–C) groups is 1. The zero-order valence-corrected chi connectivity index (χ0v) is 5.90. The van der Waals surface area contributed by atoms with Crippen LogP contribution < -0.4 is 0 Å². The molecule has 0 saturated carbocycles. The number of rotatable bonds is 2. The zero-order valence-electron chi connectivity index (χ0n) is 5.90. The summed E-state index contributed by atoms with van der Waals surface area (Å²) in [5.41, 5.74) is 0.0645. The van der Waals surface area contributed by atoms with E-state index in [2.05, 4.69) is 4.99 Å². The minimum Gasteiger partial charge on any atom is -0.477 e. The van der Waals surface area contributed by atoms with E-state index in [1.807, 2.05) is 0 Å². The van der Waals surface area contributed by atoms with Gasteiger partial charge in [-0.1, -0.05) is 6.08 Å². The van der Waals surface area contributed by atoms with Gasteiger partial charge in [-0.25, -0.2) is 4.79 Å². The van der Waals surface area contributed by atoms with Crippen molar-refractivity contribution in [3.05, 3.63) is 12.2 Å². The van der Waals surface area contributed by atoms with Crippen molar-refractivity contribution in [2.24, 2.45) is 10.9 Å². The molecule has 2 N–H and O–H groups in total. The molecule has 0 bridgehead atoms. The first kappa shape index (κ1) is 7.94. The van der Waals surface area contributed by atoms with Crippen LogP contribution in [0.5, 0.6) is 0 Å². The lowest BCUT2D eigenvalue weighted by Gasteiger charge is -2.09. The molecule has 0 aromatic heterocycles. The predicted octanol–water partition coefficient (Wildman–Crippen LogP) is -0.310. The number of aliphatic hydroxyl groups is 1. The molecule has 0 fully saturated rings. The monoisotopic (exact) mass is 155 g/mol. The van der Waals surface area contributed by atoms with Crippen molar-refractivity contribution in [2.75, 3.05) is 13.2 Å². The molecule has 0 amide bonds. The third kappa shape index (κ3) is 1.88.